The number of carbonyl (C=O) groups excluding carboxylic acids is 1. The Hall–Kier alpha value is -2.93. The molecule has 3 aromatic rings. The second kappa shape index (κ2) is 9.26. The lowest BCUT2D eigenvalue weighted by atomic mass is 9.97. The summed E-state index contributed by atoms with van der Waals surface area (Å²) in [4.78, 5) is 25.1. The monoisotopic (exact) mass is 422 g/mol. The summed E-state index contributed by atoms with van der Waals surface area (Å²) < 4.78 is 13.1. The van der Waals surface area contributed by atoms with Crippen molar-refractivity contribution in [2.24, 2.45) is 5.92 Å². The molecule has 1 N–H and O–H groups in total. The van der Waals surface area contributed by atoms with Crippen molar-refractivity contribution in [3.05, 3.63) is 72.3 Å². The second-order valence-corrected chi connectivity index (χ2v) is 8.44. The Labute approximate surface area is 179 Å². The van der Waals surface area contributed by atoms with Crippen LogP contribution in [0.1, 0.15) is 18.4 Å². The molecule has 2 heterocycles. The molecular weight excluding hydrogens is 399 g/mol. The summed E-state index contributed by atoms with van der Waals surface area (Å²) >= 11 is 1.58. The van der Waals surface area contributed by atoms with Gasteiger partial charge in [0.1, 0.15) is 10.8 Å². The van der Waals surface area contributed by atoms with Crippen molar-refractivity contribution in [2.75, 3.05) is 23.3 Å². The van der Waals surface area contributed by atoms with E-state index in [2.05, 4.69) is 51.4 Å². The number of hydrogen-bond acceptors (Lipinski definition) is 5. The first-order valence-electron chi connectivity index (χ1n) is 9.95. The maximum atomic E-state index is 13.1. The van der Waals surface area contributed by atoms with Crippen molar-refractivity contribution >= 4 is 29.2 Å². The van der Waals surface area contributed by atoms with E-state index in [1.54, 1.807) is 36.3 Å². The highest BCUT2D eigenvalue weighted by Crippen LogP contribution is 2.34. The van der Waals surface area contributed by atoms with Gasteiger partial charge in [-0.3, -0.25) is 4.79 Å². The quantitative estimate of drug-likeness (QED) is 0.632. The number of carbonyl (C=O) groups is 1. The van der Waals surface area contributed by atoms with E-state index < -0.39 is 0 Å². The molecule has 7 heteroatoms. The van der Waals surface area contributed by atoms with E-state index in [4.69, 9.17) is 0 Å². The van der Waals surface area contributed by atoms with Crippen LogP contribution < -0.4 is 10.2 Å². The lowest BCUT2D eigenvalue weighted by Crippen LogP contribution is -2.41. The molecule has 1 aromatic heterocycles. The highest BCUT2D eigenvalue weighted by atomic mass is 32.2. The summed E-state index contributed by atoms with van der Waals surface area (Å²) in [6.07, 6.45) is 5.09. The number of benzene rings is 2. The van der Waals surface area contributed by atoms with Gasteiger partial charge in [0, 0.05) is 36.1 Å². The summed E-state index contributed by atoms with van der Waals surface area (Å²) in [7, 11) is 0. The number of amides is 1. The summed E-state index contributed by atoms with van der Waals surface area (Å²) in [6, 6.07) is 14.2. The number of rotatable bonds is 5. The maximum absolute atomic E-state index is 13.1. The van der Waals surface area contributed by atoms with E-state index in [0.29, 0.717) is 12.2 Å². The van der Waals surface area contributed by atoms with Crippen LogP contribution in [0.5, 0.6) is 0 Å². The van der Waals surface area contributed by atoms with Gasteiger partial charge < -0.3 is 10.2 Å². The normalized spacial score (nSPS) is 16.3. The number of nitrogens with one attached hydrogen (secondary N) is 1. The molecule has 1 aliphatic rings. The number of aryl methyl sites for hydroxylation is 1. The Morgan fingerprint density at radius 1 is 1.10 bits per heavy atom. The van der Waals surface area contributed by atoms with E-state index >= 15 is 0 Å². The molecule has 5 nitrogen and oxygen atoms in total. The molecule has 1 saturated heterocycles. The predicted octanol–water partition coefficient (Wildman–Crippen LogP) is 4.93. The van der Waals surface area contributed by atoms with E-state index in [1.807, 2.05) is 0 Å². The largest absolute Gasteiger partial charge is 0.354 e. The van der Waals surface area contributed by atoms with Crippen molar-refractivity contribution in [3.63, 3.8) is 0 Å². The molecular formula is C23H23FN4OS. The molecule has 154 valence electrons. The maximum Gasteiger partial charge on any atom is 0.229 e. The van der Waals surface area contributed by atoms with Crippen LogP contribution in [0.15, 0.2) is 70.8 Å². The Bertz CT molecular complexity index is 1010. The predicted molar refractivity (Wildman–Crippen MR) is 117 cm³/mol. The molecule has 1 atom stereocenters. The average molecular weight is 423 g/mol. The highest BCUT2D eigenvalue weighted by Gasteiger charge is 2.28. The van der Waals surface area contributed by atoms with Gasteiger partial charge in [-0.25, -0.2) is 14.4 Å². The topological polar surface area (TPSA) is 58.1 Å². The standard InChI is InChI=1S/C23H23FN4OS/c1-16-4-10-20(11-5-16)30-23-21(25-12-13-26-23)28-14-2-3-17(15-28)22(29)27-19-8-6-18(24)7-9-19/h4-13,17H,2-3,14-15H2,1H3,(H,27,29). The Morgan fingerprint density at radius 2 is 1.83 bits per heavy atom. The molecule has 1 fully saturated rings. The van der Waals surface area contributed by atoms with Gasteiger partial charge in [0.2, 0.25) is 5.91 Å². The van der Waals surface area contributed by atoms with Crippen LogP contribution in [0.2, 0.25) is 0 Å². The molecule has 30 heavy (non-hydrogen) atoms. The Balaban J connectivity index is 1.47. The minimum Gasteiger partial charge on any atom is -0.354 e. The van der Waals surface area contributed by atoms with E-state index in [0.717, 1.165) is 35.1 Å². The molecule has 0 radical (unpaired) electrons. The van der Waals surface area contributed by atoms with Crippen LogP contribution >= 0.6 is 11.8 Å². The molecule has 0 saturated carbocycles. The third kappa shape index (κ3) is 4.97. The summed E-state index contributed by atoms with van der Waals surface area (Å²) in [5.41, 5.74) is 1.82. The minimum absolute atomic E-state index is 0.0528. The van der Waals surface area contributed by atoms with Gasteiger partial charge in [-0.1, -0.05) is 29.5 Å². The first kappa shape index (κ1) is 20.3. The SMILES string of the molecule is Cc1ccc(Sc2nccnc2N2CCCC(C(=O)Nc3ccc(F)cc3)C2)cc1. The summed E-state index contributed by atoms with van der Waals surface area (Å²) in [5.74, 6) is 0.270. The zero-order chi connectivity index (χ0) is 20.9. The van der Waals surface area contributed by atoms with Crippen molar-refractivity contribution in [1.82, 2.24) is 9.97 Å². The zero-order valence-electron chi connectivity index (χ0n) is 16.7. The number of aromatic nitrogens is 2. The fourth-order valence-electron chi connectivity index (χ4n) is 3.49. The number of hydrogen-bond donors (Lipinski definition) is 1. The lowest BCUT2D eigenvalue weighted by molar-refractivity contribution is -0.120. The van der Waals surface area contributed by atoms with Crippen LogP contribution in [-0.4, -0.2) is 29.0 Å². The van der Waals surface area contributed by atoms with E-state index in [9.17, 15) is 9.18 Å². The van der Waals surface area contributed by atoms with Crippen LogP contribution in [0.25, 0.3) is 0 Å². The molecule has 0 bridgehead atoms. The zero-order valence-corrected chi connectivity index (χ0v) is 17.5. The van der Waals surface area contributed by atoms with Crippen LogP contribution in [-0.2, 0) is 4.79 Å². The number of halogens is 1. The number of piperidine rings is 1. The Kier molecular flexibility index (Phi) is 6.28. The summed E-state index contributed by atoms with van der Waals surface area (Å²) in [5, 5.41) is 3.73. The third-order valence-electron chi connectivity index (χ3n) is 5.09. The molecule has 1 amide bonds. The molecule has 0 spiro atoms. The molecule has 2 aromatic carbocycles. The third-order valence-corrected chi connectivity index (χ3v) is 6.07. The van der Waals surface area contributed by atoms with Gasteiger partial charge >= 0.3 is 0 Å². The van der Waals surface area contributed by atoms with Gasteiger partial charge in [-0.05, 0) is 56.2 Å². The van der Waals surface area contributed by atoms with E-state index in [1.165, 1.54) is 17.7 Å². The van der Waals surface area contributed by atoms with Gasteiger partial charge in [0.05, 0.1) is 5.92 Å². The van der Waals surface area contributed by atoms with Crippen molar-refractivity contribution in [2.45, 2.75) is 29.7 Å². The first-order valence-corrected chi connectivity index (χ1v) is 10.8. The number of anilines is 2. The van der Waals surface area contributed by atoms with Crippen LogP contribution in [0, 0.1) is 18.7 Å². The smallest absolute Gasteiger partial charge is 0.229 e. The van der Waals surface area contributed by atoms with Crippen LogP contribution in [0.3, 0.4) is 0 Å². The van der Waals surface area contributed by atoms with Gasteiger partial charge in [0.15, 0.2) is 5.82 Å². The molecule has 0 aliphatic carbocycles. The number of nitrogens with zero attached hydrogens (tertiary/aromatic N) is 3. The highest BCUT2D eigenvalue weighted by molar-refractivity contribution is 7.99. The van der Waals surface area contributed by atoms with Crippen molar-refractivity contribution in [3.8, 4) is 0 Å². The van der Waals surface area contributed by atoms with Crippen molar-refractivity contribution < 1.29 is 9.18 Å². The second-order valence-electron chi connectivity index (χ2n) is 7.38. The summed E-state index contributed by atoms with van der Waals surface area (Å²) in [6.45, 7) is 3.47. The molecule has 4 rings (SSSR count). The molecule has 1 aliphatic heterocycles. The fraction of sp³-hybridized carbons (Fsp3) is 0.261. The van der Waals surface area contributed by atoms with E-state index in [-0.39, 0.29) is 17.6 Å². The Morgan fingerprint density at radius 3 is 2.60 bits per heavy atom. The average Bonchev–Trinajstić information content (AvgIpc) is 2.77. The first-order chi connectivity index (χ1) is 14.6. The van der Waals surface area contributed by atoms with Gasteiger partial charge in [0.25, 0.3) is 0 Å². The molecule has 1 unspecified atom stereocenters. The van der Waals surface area contributed by atoms with Crippen molar-refractivity contribution in [1.29, 1.82) is 0 Å². The fourth-order valence-corrected chi connectivity index (χ4v) is 4.37. The van der Waals surface area contributed by atoms with Gasteiger partial charge in [-0.15, -0.1) is 0 Å². The van der Waals surface area contributed by atoms with Crippen LogP contribution in [0.4, 0.5) is 15.9 Å². The van der Waals surface area contributed by atoms with Gasteiger partial charge in [-0.2, -0.15) is 0 Å². The minimum atomic E-state index is -0.321. The lowest BCUT2D eigenvalue weighted by Gasteiger charge is -2.33.